The van der Waals surface area contributed by atoms with Crippen LogP contribution in [0.15, 0.2) is 78.9 Å². The van der Waals surface area contributed by atoms with E-state index in [9.17, 15) is 18.0 Å². The van der Waals surface area contributed by atoms with Crippen molar-refractivity contribution >= 4 is 27.5 Å². The third-order valence-corrected chi connectivity index (χ3v) is 7.37. The number of carbonyl (C=O) groups excluding carboxylic acids is 2. The Hall–Kier alpha value is -3.85. The van der Waals surface area contributed by atoms with E-state index in [0.29, 0.717) is 5.75 Å². The van der Waals surface area contributed by atoms with E-state index in [1.165, 1.54) is 12.0 Å². The van der Waals surface area contributed by atoms with Crippen molar-refractivity contribution in [2.45, 2.75) is 52.2 Å². The van der Waals surface area contributed by atoms with E-state index < -0.39 is 34.1 Å². The average molecular weight is 566 g/mol. The lowest BCUT2D eigenvalue weighted by Crippen LogP contribution is -2.56. The monoisotopic (exact) mass is 565 g/mol. The van der Waals surface area contributed by atoms with E-state index in [1.54, 1.807) is 18.2 Å². The van der Waals surface area contributed by atoms with E-state index in [4.69, 9.17) is 4.74 Å². The van der Waals surface area contributed by atoms with Crippen molar-refractivity contribution in [3.8, 4) is 5.75 Å². The molecule has 0 aliphatic carbocycles. The van der Waals surface area contributed by atoms with Gasteiger partial charge in [0.05, 0.1) is 19.1 Å². The summed E-state index contributed by atoms with van der Waals surface area (Å²) in [5.41, 5.74) is 2.22. The number of methoxy groups -OCH3 is 1. The molecule has 2 amide bonds. The molecule has 0 aliphatic heterocycles. The molecule has 0 saturated carbocycles. The molecule has 0 aliphatic rings. The fraction of sp³-hybridized carbons (Fsp3) is 0.355. The molecule has 0 heterocycles. The van der Waals surface area contributed by atoms with Crippen molar-refractivity contribution in [2.24, 2.45) is 0 Å². The van der Waals surface area contributed by atoms with Crippen molar-refractivity contribution in [2.75, 3.05) is 24.2 Å². The maximum Gasteiger partial charge on any atom is 0.244 e. The number of nitrogens with zero attached hydrogens (tertiary/aromatic N) is 2. The van der Waals surface area contributed by atoms with Gasteiger partial charge >= 0.3 is 0 Å². The molecule has 1 atom stereocenters. The summed E-state index contributed by atoms with van der Waals surface area (Å²) in [6, 6.07) is 23.1. The Morgan fingerprint density at radius 3 is 2.02 bits per heavy atom. The molecule has 0 aromatic heterocycles. The Balaban J connectivity index is 2.10. The summed E-state index contributed by atoms with van der Waals surface area (Å²) in [5, 5.41) is 3.02. The fourth-order valence-corrected chi connectivity index (χ4v) is 5.22. The van der Waals surface area contributed by atoms with Gasteiger partial charge in [-0.25, -0.2) is 8.42 Å². The Bertz CT molecular complexity index is 1400. The van der Waals surface area contributed by atoms with E-state index in [-0.39, 0.29) is 24.6 Å². The minimum absolute atomic E-state index is 0.122. The Morgan fingerprint density at radius 1 is 0.925 bits per heavy atom. The first-order valence-corrected chi connectivity index (χ1v) is 14.9. The summed E-state index contributed by atoms with van der Waals surface area (Å²) < 4.78 is 32.5. The zero-order valence-electron chi connectivity index (χ0n) is 24.0. The standard InChI is InChI=1S/C31H39N3O5S/c1-23-17-18-28(39-5)26(19-23)34(40(6,37)38)22-29(35)33(21-25-15-11-8-12-16-25)27(30(36)32-31(2,3)4)20-24-13-9-7-10-14-24/h7-19,27H,20-22H2,1-6H3,(H,32,36)/t27-/m1/s1. The third kappa shape index (κ3) is 8.58. The molecule has 0 saturated heterocycles. The van der Waals surface area contributed by atoms with Crippen LogP contribution < -0.4 is 14.4 Å². The molecule has 1 N–H and O–H groups in total. The lowest BCUT2D eigenvalue weighted by atomic mass is 10.0. The first-order valence-electron chi connectivity index (χ1n) is 13.1. The van der Waals surface area contributed by atoms with Crippen molar-refractivity contribution in [1.29, 1.82) is 0 Å². The normalized spacial score (nSPS) is 12.3. The fourth-order valence-electron chi connectivity index (χ4n) is 4.38. The number of rotatable bonds is 11. The van der Waals surface area contributed by atoms with Crippen LogP contribution in [0.1, 0.15) is 37.5 Å². The molecular formula is C31H39N3O5S. The molecule has 3 rings (SSSR count). The topological polar surface area (TPSA) is 96.0 Å². The smallest absolute Gasteiger partial charge is 0.244 e. The lowest BCUT2D eigenvalue weighted by Gasteiger charge is -2.35. The van der Waals surface area contributed by atoms with Gasteiger partial charge in [0.1, 0.15) is 18.3 Å². The van der Waals surface area contributed by atoms with Crippen LogP contribution >= 0.6 is 0 Å². The highest BCUT2D eigenvalue weighted by Crippen LogP contribution is 2.31. The minimum atomic E-state index is -3.90. The van der Waals surface area contributed by atoms with Crippen LogP contribution in [-0.4, -0.2) is 56.6 Å². The zero-order valence-corrected chi connectivity index (χ0v) is 24.9. The van der Waals surface area contributed by atoms with Gasteiger partial charge in [-0.1, -0.05) is 66.7 Å². The second kappa shape index (κ2) is 13.0. The summed E-state index contributed by atoms with van der Waals surface area (Å²) in [5.74, 6) is -0.507. The minimum Gasteiger partial charge on any atom is -0.495 e. The van der Waals surface area contributed by atoms with Gasteiger partial charge in [-0.05, 0) is 56.5 Å². The highest BCUT2D eigenvalue weighted by atomic mass is 32.2. The molecule has 0 unspecified atom stereocenters. The van der Waals surface area contributed by atoms with Crippen LogP contribution in [-0.2, 0) is 32.6 Å². The highest BCUT2D eigenvalue weighted by Gasteiger charge is 2.34. The van der Waals surface area contributed by atoms with Gasteiger partial charge in [0.15, 0.2) is 0 Å². The number of amides is 2. The SMILES string of the molecule is COc1ccc(C)cc1N(CC(=O)N(Cc1ccccc1)[C@H](Cc1ccccc1)C(=O)NC(C)(C)C)S(C)(=O)=O. The largest absolute Gasteiger partial charge is 0.495 e. The zero-order chi connectivity index (χ0) is 29.5. The van der Waals surface area contributed by atoms with Crippen LogP contribution in [0.2, 0.25) is 0 Å². The van der Waals surface area contributed by atoms with Gasteiger partial charge in [-0.3, -0.25) is 13.9 Å². The van der Waals surface area contributed by atoms with Crippen LogP contribution in [0.25, 0.3) is 0 Å². The maximum absolute atomic E-state index is 14.2. The van der Waals surface area contributed by atoms with Crippen molar-refractivity contribution in [1.82, 2.24) is 10.2 Å². The molecule has 3 aromatic carbocycles. The van der Waals surface area contributed by atoms with E-state index in [0.717, 1.165) is 27.3 Å². The first kappa shape index (κ1) is 30.7. The summed E-state index contributed by atoms with van der Waals surface area (Å²) in [7, 11) is -2.45. The van der Waals surface area contributed by atoms with Crippen LogP contribution in [0.3, 0.4) is 0 Å². The number of carbonyl (C=O) groups is 2. The van der Waals surface area contributed by atoms with Gasteiger partial charge < -0.3 is 15.0 Å². The van der Waals surface area contributed by atoms with Crippen LogP contribution in [0, 0.1) is 6.92 Å². The Labute approximate surface area is 238 Å². The summed E-state index contributed by atoms with van der Waals surface area (Å²) >= 11 is 0. The molecule has 0 spiro atoms. The molecule has 3 aromatic rings. The van der Waals surface area contributed by atoms with E-state index in [2.05, 4.69) is 5.32 Å². The number of sulfonamides is 1. The number of anilines is 1. The van der Waals surface area contributed by atoms with Gasteiger partial charge in [0.2, 0.25) is 21.8 Å². The predicted octanol–water partition coefficient (Wildman–Crippen LogP) is 4.32. The maximum atomic E-state index is 14.2. The summed E-state index contributed by atoms with van der Waals surface area (Å²) in [6.07, 6.45) is 1.31. The molecule has 0 radical (unpaired) electrons. The molecular weight excluding hydrogens is 526 g/mol. The van der Waals surface area contributed by atoms with E-state index in [1.807, 2.05) is 88.4 Å². The highest BCUT2D eigenvalue weighted by molar-refractivity contribution is 7.92. The quantitative estimate of drug-likeness (QED) is 0.374. The first-order chi connectivity index (χ1) is 18.8. The molecule has 9 heteroatoms. The second-order valence-corrected chi connectivity index (χ2v) is 12.8. The van der Waals surface area contributed by atoms with Gasteiger partial charge in [-0.15, -0.1) is 0 Å². The second-order valence-electron chi connectivity index (χ2n) is 10.9. The summed E-state index contributed by atoms with van der Waals surface area (Å²) in [6.45, 7) is 7.09. The third-order valence-electron chi connectivity index (χ3n) is 6.25. The predicted molar refractivity (Wildman–Crippen MR) is 159 cm³/mol. The van der Waals surface area contributed by atoms with Gasteiger partial charge in [-0.2, -0.15) is 0 Å². The van der Waals surface area contributed by atoms with Crippen LogP contribution in [0.5, 0.6) is 5.75 Å². The number of nitrogens with one attached hydrogen (secondary N) is 1. The molecule has 40 heavy (non-hydrogen) atoms. The number of benzene rings is 3. The molecule has 0 bridgehead atoms. The van der Waals surface area contributed by atoms with Crippen molar-refractivity contribution in [3.05, 3.63) is 95.6 Å². The number of ether oxygens (including phenoxy) is 1. The number of hydrogen-bond acceptors (Lipinski definition) is 5. The van der Waals surface area contributed by atoms with Crippen molar-refractivity contribution < 1.29 is 22.7 Å². The van der Waals surface area contributed by atoms with Crippen molar-refractivity contribution in [3.63, 3.8) is 0 Å². The molecule has 8 nitrogen and oxygen atoms in total. The van der Waals surface area contributed by atoms with Crippen LogP contribution in [0.4, 0.5) is 5.69 Å². The molecule has 0 fully saturated rings. The number of aryl methyl sites for hydroxylation is 1. The lowest BCUT2D eigenvalue weighted by molar-refractivity contribution is -0.140. The summed E-state index contributed by atoms with van der Waals surface area (Å²) in [4.78, 5) is 29.4. The average Bonchev–Trinajstić information content (AvgIpc) is 2.88. The van der Waals surface area contributed by atoms with E-state index >= 15 is 0 Å². The molecule has 214 valence electrons. The van der Waals surface area contributed by atoms with Gasteiger partial charge in [0.25, 0.3) is 0 Å². The Morgan fingerprint density at radius 2 is 1.50 bits per heavy atom. The van der Waals surface area contributed by atoms with Gasteiger partial charge in [0, 0.05) is 18.5 Å². The Kier molecular flexibility index (Phi) is 9.98. The number of hydrogen-bond donors (Lipinski definition) is 1.